The van der Waals surface area contributed by atoms with Crippen molar-refractivity contribution in [2.24, 2.45) is 5.92 Å². The van der Waals surface area contributed by atoms with Gasteiger partial charge in [-0.25, -0.2) is 17.8 Å². The van der Waals surface area contributed by atoms with Gasteiger partial charge in [0.2, 0.25) is 0 Å². The van der Waals surface area contributed by atoms with Crippen molar-refractivity contribution in [1.82, 2.24) is 15.2 Å². The summed E-state index contributed by atoms with van der Waals surface area (Å²) >= 11 is 0. The van der Waals surface area contributed by atoms with Crippen molar-refractivity contribution in [3.8, 4) is 0 Å². The summed E-state index contributed by atoms with van der Waals surface area (Å²) in [6, 6.07) is 10.1. The Bertz CT molecular complexity index is 1150. The standard InChI is InChI=1S/C25H33FN4O3S/c1-27-25(19-4-3-5-20(26)14-19)12-10-24(11-13-25)17-29(23(31)30(24)16-18-6-7-18)22-9-8-21(15-28-22)34(2,32)33/h3-5,8-9,14-15,18,23,27,31H,6-7,10-13,16-17H2,1-2H3/t23?,24-,25+. The molecule has 1 spiro atoms. The highest BCUT2D eigenvalue weighted by Crippen LogP contribution is 2.49. The van der Waals surface area contributed by atoms with Gasteiger partial charge < -0.3 is 15.3 Å². The van der Waals surface area contributed by atoms with Crippen LogP contribution in [0.4, 0.5) is 10.2 Å². The topological polar surface area (TPSA) is 85.8 Å². The summed E-state index contributed by atoms with van der Waals surface area (Å²) in [5.41, 5.74) is 0.450. The fraction of sp³-hybridized carbons (Fsp3) is 0.560. The highest BCUT2D eigenvalue weighted by atomic mass is 32.2. The van der Waals surface area contributed by atoms with E-state index in [-0.39, 0.29) is 21.8 Å². The van der Waals surface area contributed by atoms with Crippen LogP contribution in [0.15, 0.2) is 47.5 Å². The monoisotopic (exact) mass is 488 g/mol. The average molecular weight is 489 g/mol. The molecule has 1 saturated heterocycles. The van der Waals surface area contributed by atoms with Crippen LogP contribution in [-0.2, 0) is 15.4 Å². The lowest BCUT2D eigenvalue weighted by atomic mass is 9.69. The molecular formula is C25H33FN4O3S. The molecule has 7 nitrogen and oxygen atoms in total. The first-order chi connectivity index (χ1) is 16.2. The number of nitrogens with one attached hydrogen (secondary N) is 1. The third-order valence-electron chi connectivity index (χ3n) is 8.12. The molecule has 1 atom stereocenters. The van der Waals surface area contributed by atoms with Crippen LogP contribution in [0.25, 0.3) is 0 Å². The van der Waals surface area contributed by atoms with E-state index in [0.29, 0.717) is 18.3 Å². The van der Waals surface area contributed by atoms with E-state index in [9.17, 15) is 17.9 Å². The van der Waals surface area contributed by atoms with Crippen LogP contribution >= 0.6 is 0 Å². The third-order valence-corrected chi connectivity index (χ3v) is 9.21. The molecule has 3 fully saturated rings. The molecule has 2 N–H and O–H groups in total. The van der Waals surface area contributed by atoms with Gasteiger partial charge in [0.1, 0.15) is 11.6 Å². The Balaban J connectivity index is 1.42. The Hall–Kier alpha value is -2.07. The van der Waals surface area contributed by atoms with Gasteiger partial charge >= 0.3 is 0 Å². The molecular weight excluding hydrogens is 455 g/mol. The van der Waals surface area contributed by atoms with Crippen molar-refractivity contribution in [2.75, 3.05) is 31.3 Å². The summed E-state index contributed by atoms with van der Waals surface area (Å²) in [7, 11) is -1.40. The SMILES string of the molecule is CN[C@]1(c2cccc(F)c2)CC[C@]2(CC1)CN(c1ccc(S(C)(=O)=O)cn1)C(O)N2CC1CC1. The van der Waals surface area contributed by atoms with Crippen LogP contribution in [-0.4, -0.2) is 61.7 Å². The Morgan fingerprint density at radius 3 is 2.47 bits per heavy atom. The van der Waals surface area contributed by atoms with Crippen molar-refractivity contribution < 1.29 is 17.9 Å². The second kappa shape index (κ2) is 8.55. The number of benzene rings is 1. The highest BCUT2D eigenvalue weighted by Gasteiger charge is 2.55. The number of hydrogen-bond acceptors (Lipinski definition) is 7. The van der Waals surface area contributed by atoms with E-state index in [0.717, 1.165) is 44.0 Å². The fourth-order valence-electron chi connectivity index (χ4n) is 5.79. The van der Waals surface area contributed by atoms with Crippen LogP contribution in [0.1, 0.15) is 44.1 Å². The van der Waals surface area contributed by atoms with Crippen molar-refractivity contribution in [1.29, 1.82) is 0 Å². The summed E-state index contributed by atoms with van der Waals surface area (Å²) in [5, 5.41) is 14.9. The number of pyridine rings is 1. The van der Waals surface area contributed by atoms with Gasteiger partial charge in [-0.15, -0.1) is 0 Å². The van der Waals surface area contributed by atoms with Crippen LogP contribution in [0.2, 0.25) is 0 Å². The van der Waals surface area contributed by atoms with Gasteiger partial charge in [0.15, 0.2) is 16.2 Å². The van der Waals surface area contributed by atoms with E-state index in [1.165, 1.54) is 25.1 Å². The lowest BCUT2D eigenvalue weighted by Gasteiger charge is -2.48. The number of aromatic nitrogens is 1. The van der Waals surface area contributed by atoms with Crippen molar-refractivity contribution in [3.63, 3.8) is 0 Å². The molecule has 2 heterocycles. The van der Waals surface area contributed by atoms with E-state index >= 15 is 0 Å². The lowest BCUT2D eigenvalue weighted by Crippen LogP contribution is -2.56. The minimum Gasteiger partial charge on any atom is -0.361 e. The predicted molar refractivity (Wildman–Crippen MR) is 128 cm³/mol. The Morgan fingerprint density at radius 2 is 1.91 bits per heavy atom. The molecule has 0 amide bonds. The van der Waals surface area contributed by atoms with Crippen molar-refractivity contribution in [3.05, 3.63) is 54.0 Å². The largest absolute Gasteiger partial charge is 0.361 e. The number of aliphatic hydroxyl groups is 1. The van der Waals surface area contributed by atoms with Gasteiger partial charge in [0.05, 0.1) is 4.90 Å². The molecule has 1 unspecified atom stereocenters. The molecule has 2 aliphatic carbocycles. The number of sulfone groups is 1. The first kappa shape index (κ1) is 23.7. The first-order valence-electron chi connectivity index (χ1n) is 12.0. The Kier molecular flexibility index (Phi) is 5.95. The summed E-state index contributed by atoms with van der Waals surface area (Å²) in [6.45, 7) is 1.46. The fourth-order valence-corrected chi connectivity index (χ4v) is 6.35. The average Bonchev–Trinajstić information content (AvgIpc) is 3.61. The smallest absolute Gasteiger partial charge is 0.188 e. The van der Waals surface area contributed by atoms with E-state index in [1.807, 2.05) is 18.0 Å². The summed E-state index contributed by atoms with van der Waals surface area (Å²) < 4.78 is 37.7. The molecule has 9 heteroatoms. The second-order valence-corrected chi connectivity index (χ2v) is 12.3. The molecule has 0 radical (unpaired) electrons. The third kappa shape index (κ3) is 4.23. The number of nitrogens with zero attached hydrogens (tertiary/aromatic N) is 3. The minimum atomic E-state index is -3.33. The number of aliphatic hydroxyl groups excluding tert-OH is 1. The highest BCUT2D eigenvalue weighted by molar-refractivity contribution is 7.90. The maximum atomic E-state index is 14.0. The second-order valence-electron chi connectivity index (χ2n) is 10.3. The molecule has 0 bridgehead atoms. The van der Waals surface area contributed by atoms with Crippen LogP contribution in [0.3, 0.4) is 0 Å². The molecule has 5 rings (SSSR count). The summed E-state index contributed by atoms with van der Waals surface area (Å²) in [6.07, 6.45) is 7.45. The first-order valence-corrected chi connectivity index (χ1v) is 13.9. The zero-order valence-electron chi connectivity index (χ0n) is 19.7. The molecule has 1 aliphatic heterocycles. The molecule has 1 aromatic carbocycles. The normalized spacial score (nSPS) is 30.2. The zero-order valence-corrected chi connectivity index (χ0v) is 20.6. The summed E-state index contributed by atoms with van der Waals surface area (Å²) in [5.74, 6) is 0.952. The Labute approximate surface area is 200 Å². The van der Waals surface area contributed by atoms with Crippen molar-refractivity contribution in [2.45, 2.75) is 60.9 Å². The molecule has 1 aromatic heterocycles. The van der Waals surface area contributed by atoms with Gasteiger partial charge in [-0.2, -0.15) is 0 Å². The van der Waals surface area contributed by atoms with Crippen LogP contribution in [0, 0.1) is 11.7 Å². The van der Waals surface area contributed by atoms with E-state index < -0.39 is 16.2 Å². The molecule has 2 aromatic rings. The van der Waals surface area contributed by atoms with Gasteiger partial charge in [-0.3, -0.25) is 4.90 Å². The quantitative estimate of drug-likeness (QED) is 0.647. The van der Waals surface area contributed by atoms with Gasteiger partial charge in [0.25, 0.3) is 0 Å². The van der Waals surface area contributed by atoms with Gasteiger partial charge in [-0.1, -0.05) is 12.1 Å². The predicted octanol–water partition coefficient (Wildman–Crippen LogP) is 2.86. The molecule has 184 valence electrons. The number of halogens is 1. The van der Waals surface area contributed by atoms with Gasteiger partial charge in [-0.05, 0) is 81.3 Å². The summed E-state index contributed by atoms with van der Waals surface area (Å²) in [4.78, 5) is 8.69. The maximum Gasteiger partial charge on any atom is 0.188 e. The van der Waals surface area contributed by atoms with Crippen LogP contribution in [0.5, 0.6) is 0 Å². The van der Waals surface area contributed by atoms with Crippen LogP contribution < -0.4 is 10.2 Å². The van der Waals surface area contributed by atoms with E-state index in [2.05, 4.69) is 15.2 Å². The minimum absolute atomic E-state index is 0.168. The molecule has 3 aliphatic rings. The Morgan fingerprint density at radius 1 is 1.18 bits per heavy atom. The molecule has 34 heavy (non-hydrogen) atoms. The maximum absolute atomic E-state index is 14.0. The van der Waals surface area contributed by atoms with E-state index in [4.69, 9.17) is 0 Å². The van der Waals surface area contributed by atoms with Gasteiger partial charge in [0, 0.05) is 36.6 Å². The number of anilines is 1. The number of rotatable bonds is 6. The zero-order chi connectivity index (χ0) is 24.1. The lowest BCUT2D eigenvalue weighted by molar-refractivity contribution is -0.0440. The number of hydrogen-bond donors (Lipinski definition) is 2. The van der Waals surface area contributed by atoms with E-state index in [1.54, 1.807) is 24.3 Å². The van der Waals surface area contributed by atoms with Crippen molar-refractivity contribution >= 4 is 15.7 Å². The molecule has 2 saturated carbocycles.